The van der Waals surface area contributed by atoms with Crippen LogP contribution in [0.25, 0.3) is 0 Å². The maximum Gasteiger partial charge on any atom is 0.244 e. The molecule has 0 aliphatic heterocycles. The van der Waals surface area contributed by atoms with Crippen molar-refractivity contribution < 1.29 is 4.79 Å². The fraction of sp³-hybridized carbons (Fsp3) is 0.600. The van der Waals surface area contributed by atoms with Gasteiger partial charge < -0.3 is 5.32 Å². The van der Waals surface area contributed by atoms with Crippen molar-refractivity contribution in [3.8, 4) is 0 Å². The highest BCUT2D eigenvalue weighted by Crippen LogP contribution is 2.21. The first-order valence-corrected chi connectivity index (χ1v) is 5.47. The van der Waals surface area contributed by atoms with Crippen LogP contribution >= 0.6 is 11.6 Å². The van der Waals surface area contributed by atoms with Gasteiger partial charge in [-0.25, -0.2) is 0 Å². The summed E-state index contributed by atoms with van der Waals surface area (Å²) in [5, 5.41) is 7.63. The number of nitrogens with zero attached hydrogens (tertiary/aromatic N) is 2. The van der Waals surface area contributed by atoms with E-state index < -0.39 is 0 Å². The molecule has 4 nitrogen and oxygen atoms in total. The molecule has 1 unspecified atom stereocenters. The molecular formula is C10H14ClN3O. The van der Waals surface area contributed by atoms with Gasteiger partial charge in [-0.2, -0.15) is 5.10 Å². The molecule has 2 rings (SSSR count). The minimum atomic E-state index is -0.293. The molecule has 0 aromatic carbocycles. The van der Waals surface area contributed by atoms with Crippen LogP contribution in [-0.4, -0.2) is 21.7 Å². The Hall–Kier alpha value is -1.03. The van der Waals surface area contributed by atoms with Crippen molar-refractivity contribution in [1.82, 2.24) is 15.1 Å². The third-order valence-corrected chi connectivity index (χ3v) is 3.03. The maximum absolute atomic E-state index is 11.7. The molecule has 15 heavy (non-hydrogen) atoms. The van der Waals surface area contributed by atoms with Crippen LogP contribution in [0.15, 0.2) is 6.20 Å². The van der Waals surface area contributed by atoms with E-state index in [9.17, 15) is 4.79 Å². The van der Waals surface area contributed by atoms with Gasteiger partial charge in [-0.3, -0.25) is 9.48 Å². The van der Waals surface area contributed by atoms with Crippen molar-refractivity contribution in [1.29, 1.82) is 0 Å². The van der Waals surface area contributed by atoms with Crippen molar-refractivity contribution in [2.24, 2.45) is 0 Å². The van der Waals surface area contributed by atoms with Crippen molar-refractivity contribution in [2.45, 2.75) is 38.8 Å². The average Bonchev–Trinajstić information content (AvgIpc) is 2.95. The van der Waals surface area contributed by atoms with Gasteiger partial charge in [0.05, 0.1) is 16.9 Å². The fourth-order valence-corrected chi connectivity index (χ4v) is 1.58. The summed E-state index contributed by atoms with van der Waals surface area (Å²) in [5.74, 6) is 0.0142. The van der Waals surface area contributed by atoms with E-state index in [0.29, 0.717) is 11.1 Å². The zero-order chi connectivity index (χ0) is 11.0. The van der Waals surface area contributed by atoms with Crippen molar-refractivity contribution in [2.75, 3.05) is 0 Å². The number of aromatic nitrogens is 2. The molecule has 0 spiro atoms. The first-order chi connectivity index (χ1) is 7.09. The molecule has 1 atom stereocenters. The molecule has 0 radical (unpaired) electrons. The number of carbonyl (C=O) groups is 1. The molecule has 1 amide bonds. The molecule has 1 fully saturated rings. The Balaban J connectivity index is 2.08. The second kappa shape index (κ2) is 3.85. The van der Waals surface area contributed by atoms with Crippen molar-refractivity contribution in [3.63, 3.8) is 0 Å². The second-order valence-corrected chi connectivity index (χ2v) is 4.39. The van der Waals surface area contributed by atoms with Crippen LogP contribution in [0.3, 0.4) is 0 Å². The zero-order valence-electron chi connectivity index (χ0n) is 8.83. The van der Waals surface area contributed by atoms with Crippen LogP contribution in [0.5, 0.6) is 0 Å². The second-order valence-electron chi connectivity index (χ2n) is 3.98. The van der Waals surface area contributed by atoms with Crippen molar-refractivity contribution >= 4 is 17.5 Å². The van der Waals surface area contributed by atoms with Crippen LogP contribution in [0.1, 0.15) is 31.5 Å². The van der Waals surface area contributed by atoms with E-state index in [2.05, 4.69) is 10.4 Å². The van der Waals surface area contributed by atoms with Gasteiger partial charge in [0, 0.05) is 6.04 Å². The van der Waals surface area contributed by atoms with E-state index in [1.165, 1.54) is 0 Å². The first-order valence-electron chi connectivity index (χ1n) is 5.09. The Kier molecular flexibility index (Phi) is 2.69. The summed E-state index contributed by atoms with van der Waals surface area (Å²) in [6.07, 6.45) is 3.76. The minimum absolute atomic E-state index is 0.0142. The van der Waals surface area contributed by atoms with Gasteiger partial charge in [0.15, 0.2) is 0 Å². The number of hydrogen-bond donors (Lipinski definition) is 1. The highest BCUT2D eigenvalue weighted by Gasteiger charge is 2.27. The van der Waals surface area contributed by atoms with Gasteiger partial charge in [0.25, 0.3) is 0 Å². The quantitative estimate of drug-likeness (QED) is 0.854. The monoisotopic (exact) mass is 227 g/mol. The number of rotatable bonds is 3. The predicted octanol–water partition coefficient (Wildman–Crippen LogP) is 1.68. The van der Waals surface area contributed by atoms with E-state index >= 15 is 0 Å². The standard InChI is InChI=1S/C10H14ClN3O/c1-6-9(11)5-12-14(6)7(2)10(15)13-8-3-4-8/h5,7-8H,3-4H2,1-2H3,(H,13,15). The number of nitrogens with one attached hydrogen (secondary N) is 1. The summed E-state index contributed by atoms with van der Waals surface area (Å²) in [6, 6.07) is 0.0874. The summed E-state index contributed by atoms with van der Waals surface area (Å²) in [4.78, 5) is 11.7. The molecule has 82 valence electrons. The van der Waals surface area contributed by atoms with Gasteiger partial charge in [-0.05, 0) is 26.7 Å². The molecular weight excluding hydrogens is 214 g/mol. The Morgan fingerprint density at radius 2 is 2.40 bits per heavy atom. The number of carbonyl (C=O) groups excluding carboxylic acids is 1. The summed E-state index contributed by atoms with van der Waals surface area (Å²) in [6.45, 7) is 3.68. The minimum Gasteiger partial charge on any atom is -0.352 e. The lowest BCUT2D eigenvalue weighted by Crippen LogP contribution is -2.33. The Morgan fingerprint density at radius 1 is 1.73 bits per heavy atom. The first kappa shape index (κ1) is 10.5. The van der Waals surface area contributed by atoms with E-state index in [1.54, 1.807) is 10.9 Å². The van der Waals surface area contributed by atoms with E-state index in [0.717, 1.165) is 18.5 Å². The number of halogens is 1. The van der Waals surface area contributed by atoms with Crippen LogP contribution < -0.4 is 5.32 Å². The van der Waals surface area contributed by atoms with E-state index in [4.69, 9.17) is 11.6 Å². The van der Waals surface area contributed by atoms with Crippen LogP contribution in [-0.2, 0) is 4.79 Å². The lowest BCUT2D eigenvalue weighted by molar-refractivity contribution is -0.124. The fourth-order valence-electron chi connectivity index (χ4n) is 1.45. The van der Waals surface area contributed by atoms with Crippen LogP contribution in [0, 0.1) is 6.92 Å². The lowest BCUT2D eigenvalue weighted by atomic mass is 10.3. The van der Waals surface area contributed by atoms with Gasteiger partial charge in [0.1, 0.15) is 6.04 Å². The maximum atomic E-state index is 11.7. The highest BCUT2D eigenvalue weighted by atomic mass is 35.5. The molecule has 1 heterocycles. The predicted molar refractivity (Wildman–Crippen MR) is 57.8 cm³/mol. The topological polar surface area (TPSA) is 46.9 Å². The molecule has 5 heteroatoms. The third-order valence-electron chi connectivity index (χ3n) is 2.65. The molecule has 1 aromatic heterocycles. The Labute approximate surface area is 93.6 Å². The number of amides is 1. The Bertz CT molecular complexity index is 384. The molecule has 0 bridgehead atoms. The molecule has 1 aliphatic rings. The SMILES string of the molecule is Cc1c(Cl)cnn1C(C)C(=O)NC1CC1. The molecule has 1 saturated carbocycles. The van der Waals surface area contributed by atoms with Gasteiger partial charge in [-0.15, -0.1) is 0 Å². The summed E-state index contributed by atoms with van der Waals surface area (Å²) >= 11 is 5.88. The number of hydrogen-bond acceptors (Lipinski definition) is 2. The highest BCUT2D eigenvalue weighted by molar-refractivity contribution is 6.31. The molecule has 1 aliphatic carbocycles. The summed E-state index contributed by atoms with van der Waals surface area (Å²) in [7, 11) is 0. The van der Waals surface area contributed by atoms with Crippen LogP contribution in [0.2, 0.25) is 5.02 Å². The van der Waals surface area contributed by atoms with Crippen LogP contribution in [0.4, 0.5) is 0 Å². The summed E-state index contributed by atoms with van der Waals surface area (Å²) < 4.78 is 1.65. The van der Waals surface area contributed by atoms with E-state index in [1.807, 2.05) is 13.8 Å². The smallest absolute Gasteiger partial charge is 0.244 e. The average molecular weight is 228 g/mol. The Morgan fingerprint density at radius 3 is 2.87 bits per heavy atom. The normalized spacial score (nSPS) is 17.5. The molecule has 1 N–H and O–H groups in total. The third kappa shape index (κ3) is 2.15. The van der Waals surface area contributed by atoms with Gasteiger partial charge in [-0.1, -0.05) is 11.6 Å². The zero-order valence-corrected chi connectivity index (χ0v) is 9.58. The van der Waals surface area contributed by atoms with E-state index in [-0.39, 0.29) is 11.9 Å². The summed E-state index contributed by atoms with van der Waals surface area (Å²) in [5.41, 5.74) is 0.829. The van der Waals surface area contributed by atoms with Gasteiger partial charge in [0.2, 0.25) is 5.91 Å². The van der Waals surface area contributed by atoms with Crippen molar-refractivity contribution in [3.05, 3.63) is 16.9 Å². The van der Waals surface area contributed by atoms with Gasteiger partial charge >= 0.3 is 0 Å². The molecule has 1 aromatic rings. The lowest BCUT2D eigenvalue weighted by Gasteiger charge is -2.13. The largest absolute Gasteiger partial charge is 0.352 e. The molecule has 0 saturated heterocycles.